The first-order valence-corrected chi connectivity index (χ1v) is 9.52. The minimum Gasteiger partial charge on any atom is -0.378 e. The van der Waals surface area contributed by atoms with Crippen LogP contribution >= 0.6 is 0 Å². The fraction of sp³-hybridized carbons (Fsp3) is 0.500. The maximum atomic E-state index is 12.5. The van der Waals surface area contributed by atoms with E-state index >= 15 is 0 Å². The van der Waals surface area contributed by atoms with Gasteiger partial charge in [-0.05, 0) is 37.2 Å². The Bertz CT molecular complexity index is 716. The second-order valence-electron chi connectivity index (χ2n) is 7.22. The molecule has 1 atom stereocenters. The van der Waals surface area contributed by atoms with Crippen LogP contribution in [0.25, 0.3) is 0 Å². The third-order valence-electron chi connectivity index (χ3n) is 5.39. The molecule has 0 bridgehead atoms. The fourth-order valence-corrected chi connectivity index (χ4v) is 3.94. The standard InChI is InChI=1S/C20H26N4O2/c25-20(23-10-8-17(9-11-23)19-7-4-12-26-19)22-18-13-21-24(15-18)14-16-5-2-1-3-6-16/h1-3,5-6,13,15,17,19H,4,7-12,14H2,(H,22,25)/t19-/m1/s1. The highest BCUT2D eigenvalue weighted by Gasteiger charge is 2.30. The number of urea groups is 1. The van der Waals surface area contributed by atoms with Crippen molar-refractivity contribution < 1.29 is 9.53 Å². The van der Waals surface area contributed by atoms with E-state index in [2.05, 4.69) is 22.5 Å². The lowest BCUT2D eigenvalue weighted by Gasteiger charge is -2.34. The van der Waals surface area contributed by atoms with Crippen molar-refractivity contribution in [2.45, 2.75) is 38.3 Å². The van der Waals surface area contributed by atoms with Crippen molar-refractivity contribution in [1.29, 1.82) is 0 Å². The smallest absolute Gasteiger partial charge is 0.321 e. The van der Waals surface area contributed by atoms with Crippen LogP contribution in [0.2, 0.25) is 0 Å². The Hall–Kier alpha value is -2.34. The van der Waals surface area contributed by atoms with Gasteiger partial charge in [-0.2, -0.15) is 5.10 Å². The van der Waals surface area contributed by atoms with Crippen molar-refractivity contribution in [2.75, 3.05) is 25.0 Å². The molecule has 0 radical (unpaired) electrons. The summed E-state index contributed by atoms with van der Waals surface area (Å²) < 4.78 is 7.65. The molecular weight excluding hydrogens is 328 g/mol. The Kier molecular flexibility index (Phi) is 5.20. The summed E-state index contributed by atoms with van der Waals surface area (Å²) in [6.07, 6.45) is 8.42. The van der Waals surface area contributed by atoms with Crippen LogP contribution in [0.3, 0.4) is 0 Å². The molecule has 1 aromatic carbocycles. The normalized spacial score (nSPS) is 21.1. The van der Waals surface area contributed by atoms with Crippen LogP contribution in [0.4, 0.5) is 10.5 Å². The van der Waals surface area contributed by atoms with Crippen molar-refractivity contribution in [3.63, 3.8) is 0 Å². The van der Waals surface area contributed by atoms with E-state index < -0.39 is 0 Å². The van der Waals surface area contributed by atoms with Gasteiger partial charge < -0.3 is 15.0 Å². The number of likely N-dealkylation sites (tertiary alicyclic amines) is 1. The predicted molar refractivity (Wildman–Crippen MR) is 100 cm³/mol. The van der Waals surface area contributed by atoms with Gasteiger partial charge in [-0.15, -0.1) is 0 Å². The Morgan fingerprint density at radius 3 is 2.73 bits per heavy atom. The Labute approximate surface area is 154 Å². The second kappa shape index (κ2) is 7.91. The summed E-state index contributed by atoms with van der Waals surface area (Å²) in [5, 5.41) is 7.32. The highest BCUT2D eigenvalue weighted by atomic mass is 16.5. The molecule has 2 aliphatic heterocycles. The van der Waals surface area contributed by atoms with Gasteiger partial charge in [-0.25, -0.2) is 4.79 Å². The molecular formula is C20H26N4O2. The van der Waals surface area contributed by atoms with Crippen molar-refractivity contribution in [3.05, 3.63) is 48.3 Å². The highest BCUT2D eigenvalue weighted by Crippen LogP contribution is 2.29. The lowest BCUT2D eigenvalue weighted by Crippen LogP contribution is -2.43. The van der Waals surface area contributed by atoms with Gasteiger partial charge in [0.2, 0.25) is 0 Å². The molecule has 0 spiro atoms. The van der Waals surface area contributed by atoms with Gasteiger partial charge in [0.1, 0.15) is 0 Å². The van der Waals surface area contributed by atoms with E-state index in [-0.39, 0.29) is 6.03 Å². The molecule has 26 heavy (non-hydrogen) atoms. The molecule has 3 heterocycles. The molecule has 1 aromatic heterocycles. The SMILES string of the molecule is O=C(Nc1cnn(Cc2ccccc2)c1)N1CCC([C@H]2CCCO2)CC1. The van der Waals surface area contributed by atoms with E-state index in [0.29, 0.717) is 18.6 Å². The molecule has 2 aliphatic rings. The summed E-state index contributed by atoms with van der Waals surface area (Å²) in [7, 11) is 0. The summed E-state index contributed by atoms with van der Waals surface area (Å²) in [5.74, 6) is 0.607. The van der Waals surface area contributed by atoms with Crippen LogP contribution < -0.4 is 5.32 Å². The molecule has 2 aromatic rings. The zero-order valence-electron chi connectivity index (χ0n) is 15.0. The first-order chi connectivity index (χ1) is 12.8. The number of ether oxygens (including phenoxy) is 1. The zero-order chi connectivity index (χ0) is 17.8. The minimum absolute atomic E-state index is 0.0324. The molecule has 138 valence electrons. The number of benzene rings is 1. The minimum atomic E-state index is -0.0324. The molecule has 0 aliphatic carbocycles. The summed E-state index contributed by atoms with van der Waals surface area (Å²) in [5.41, 5.74) is 1.93. The summed E-state index contributed by atoms with van der Waals surface area (Å²) >= 11 is 0. The molecule has 6 nitrogen and oxygen atoms in total. The van der Waals surface area contributed by atoms with Gasteiger partial charge in [0.15, 0.2) is 0 Å². The molecule has 0 unspecified atom stereocenters. The third kappa shape index (κ3) is 4.07. The van der Waals surface area contributed by atoms with Gasteiger partial charge in [0.05, 0.1) is 24.5 Å². The van der Waals surface area contributed by atoms with E-state index in [9.17, 15) is 4.79 Å². The van der Waals surface area contributed by atoms with Gasteiger partial charge >= 0.3 is 6.03 Å². The van der Waals surface area contributed by atoms with E-state index in [1.165, 1.54) is 18.4 Å². The average molecular weight is 354 g/mol. The number of carbonyl (C=O) groups is 1. The number of carbonyl (C=O) groups excluding carboxylic acids is 1. The first kappa shape index (κ1) is 17.1. The molecule has 4 rings (SSSR count). The molecule has 2 saturated heterocycles. The summed E-state index contributed by atoms with van der Waals surface area (Å²) in [6, 6.07) is 10.1. The number of nitrogens with one attached hydrogen (secondary N) is 1. The van der Waals surface area contributed by atoms with Crippen LogP contribution in [0.15, 0.2) is 42.7 Å². The van der Waals surface area contributed by atoms with E-state index in [0.717, 1.165) is 38.2 Å². The Morgan fingerprint density at radius 1 is 1.19 bits per heavy atom. The van der Waals surface area contributed by atoms with Crippen molar-refractivity contribution >= 4 is 11.7 Å². The third-order valence-corrected chi connectivity index (χ3v) is 5.39. The van der Waals surface area contributed by atoms with Gasteiger partial charge in [-0.1, -0.05) is 30.3 Å². The number of hydrogen-bond donors (Lipinski definition) is 1. The van der Waals surface area contributed by atoms with Crippen LogP contribution in [0.1, 0.15) is 31.2 Å². The number of nitrogens with zero attached hydrogens (tertiary/aromatic N) is 3. The van der Waals surface area contributed by atoms with Crippen LogP contribution in [0.5, 0.6) is 0 Å². The first-order valence-electron chi connectivity index (χ1n) is 9.52. The van der Waals surface area contributed by atoms with E-state index in [1.807, 2.05) is 34.0 Å². The molecule has 1 N–H and O–H groups in total. The summed E-state index contributed by atoms with van der Waals surface area (Å²) in [4.78, 5) is 14.4. The number of rotatable bonds is 4. The average Bonchev–Trinajstić information content (AvgIpc) is 3.35. The lowest BCUT2D eigenvalue weighted by atomic mass is 9.90. The maximum Gasteiger partial charge on any atom is 0.321 e. The predicted octanol–water partition coefficient (Wildman–Crippen LogP) is 3.35. The van der Waals surface area contributed by atoms with Crippen molar-refractivity contribution in [3.8, 4) is 0 Å². The molecule has 2 fully saturated rings. The number of anilines is 1. The Morgan fingerprint density at radius 2 is 2.00 bits per heavy atom. The quantitative estimate of drug-likeness (QED) is 0.916. The van der Waals surface area contributed by atoms with Gasteiger partial charge in [0.25, 0.3) is 0 Å². The maximum absolute atomic E-state index is 12.5. The number of piperidine rings is 1. The highest BCUT2D eigenvalue weighted by molar-refractivity contribution is 5.89. The lowest BCUT2D eigenvalue weighted by molar-refractivity contribution is 0.0382. The van der Waals surface area contributed by atoms with Crippen LogP contribution in [-0.2, 0) is 11.3 Å². The van der Waals surface area contributed by atoms with Crippen molar-refractivity contribution in [1.82, 2.24) is 14.7 Å². The zero-order valence-corrected chi connectivity index (χ0v) is 15.0. The molecule has 2 amide bonds. The van der Waals surface area contributed by atoms with Gasteiger partial charge in [0, 0.05) is 25.9 Å². The topological polar surface area (TPSA) is 59.4 Å². The monoisotopic (exact) mass is 354 g/mol. The van der Waals surface area contributed by atoms with Gasteiger partial charge in [-0.3, -0.25) is 4.68 Å². The van der Waals surface area contributed by atoms with E-state index in [4.69, 9.17) is 4.74 Å². The largest absolute Gasteiger partial charge is 0.378 e. The summed E-state index contributed by atoms with van der Waals surface area (Å²) in [6.45, 7) is 3.20. The van der Waals surface area contributed by atoms with Crippen molar-refractivity contribution in [2.24, 2.45) is 5.92 Å². The molecule has 0 saturated carbocycles. The van der Waals surface area contributed by atoms with Crippen LogP contribution in [0, 0.1) is 5.92 Å². The number of amides is 2. The van der Waals surface area contributed by atoms with E-state index in [1.54, 1.807) is 6.20 Å². The number of hydrogen-bond acceptors (Lipinski definition) is 3. The second-order valence-corrected chi connectivity index (χ2v) is 7.22. The number of aromatic nitrogens is 2. The Balaban J connectivity index is 1.27. The fourth-order valence-electron chi connectivity index (χ4n) is 3.94. The van der Waals surface area contributed by atoms with Crippen LogP contribution in [-0.4, -0.2) is 46.5 Å². The molecule has 6 heteroatoms.